The number of nitrogens with zero attached hydrogens (tertiary/aromatic N) is 5. The number of benzene rings is 3. The van der Waals surface area contributed by atoms with Gasteiger partial charge in [-0.15, -0.1) is 0 Å². The zero-order valence-electron chi connectivity index (χ0n) is 21.4. The minimum atomic E-state index is 0.103. The van der Waals surface area contributed by atoms with Crippen LogP contribution in [-0.4, -0.2) is 31.4 Å². The molecule has 0 fully saturated rings. The molecule has 39 heavy (non-hydrogen) atoms. The lowest BCUT2D eigenvalue weighted by atomic mass is 10.1. The molecule has 0 atom stereocenters. The summed E-state index contributed by atoms with van der Waals surface area (Å²) < 4.78 is 8.12. The molecule has 0 radical (unpaired) electrons. The summed E-state index contributed by atoms with van der Waals surface area (Å²) in [7, 11) is 0. The van der Waals surface area contributed by atoms with Gasteiger partial charge in [-0.05, 0) is 49.7 Å². The van der Waals surface area contributed by atoms with E-state index in [2.05, 4.69) is 11.2 Å². The van der Waals surface area contributed by atoms with Crippen LogP contribution in [0.5, 0.6) is 11.6 Å². The van der Waals surface area contributed by atoms with Gasteiger partial charge >= 0.3 is 0 Å². The topological polar surface area (TPSA) is 94.1 Å². The van der Waals surface area contributed by atoms with Crippen molar-refractivity contribution in [1.29, 1.82) is 0 Å². The Hall–Kier alpha value is -5.24. The average molecular weight is 516 g/mol. The number of phenols is 1. The molecule has 0 spiro atoms. The summed E-state index contributed by atoms with van der Waals surface area (Å²) in [5.41, 5.74) is 6.08. The number of hydrogen-bond donors (Lipinski definition) is 1. The third kappa shape index (κ3) is 4.87. The molecule has 0 saturated carbocycles. The summed E-state index contributed by atoms with van der Waals surface area (Å²) >= 11 is 0. The number of pyridine rings is 1. The van der Waals surface area contributed by atoms with Crippen molar-refractivity contribution in [1.82, 2.24) is 14.8 Å². The first-order valence-corrected chi connectivity index (χ1v) is 12.5. The minimum Gasteiger partial charge on any atom is -0.507 e. The number of ether oxygens (including phenoxy) is 1. The fraction of sp³-hybridized carbons (Fsp3) is 0.0968. The molecular weight excluding hydrogens is 490 g/mol. The van der Waals surface area contributed by atoms with Crippen LogP contribution in [0.4, 0.5) is 0 Å². The molecule has 3 heterocycles. The summed E-state index contributed by atoms with van der Waals surface area (Å²) in [4.78, 5) is 15.1. The number of aliphatic imine (C=N–C) groups is 1. The van der Waals surface area contributed by atoms with E-state index in [-0.39, 0.29) is 11.6 Å². The van der Waals surface area contributed by atoms with Crippen LogP contribution < -0.4 is 4.74 Å². The van der Waals surface area contributed by atoms with Crippen LogP contribution in [0.3, 0.4) is 0 Å². The fourth-order valence-electron chi connectivity index (χ4n) is 4.44. The van der Waals surface area contributed by atoms with Gasteiger partial charge in [0.25, 0.3) is 0 Å². The molecule has 0 bridgehead atoms. The normalized spacial score (nSPS) is 13.0. The zero-order chi connectivity index (χ0) is 26.8. The second-order valence-corrected chi connectivity index (χ2v) is 9.16. The maximum absolute atomic E-state index is 10.4. The number of rotatable bonds is 6. The maximum Gasteiger partial charge on any atom is 0.227 e. The molecule has 6 rings (SSSR count). The lowest BCUT2D eigenvalue weighted by Gasteiger charge is -2.12. The van der Waals surface area contributed by atoms with Crippen LogP contribution in [0.15, 0.2) is 107 Å². The lowest BCUT2D eigenvalue weighted by molar-refractivity contribution is 0.268. The number of oxime groups is 1. The number of phenolic OH excluding ortho intramolecular Hbond substituents is 1. The van der Waals surface area contributed by atoms with E-state index in [1.807, 2.05) is 74.5 Å². The molecule has 0 saturated heterocycles. The first kappa shape index (κ1) is 24.1. The fourth-order valence-corrected chi connectivity index (χ4v) is 4.44. The van der Waals surface area contributed by atoms with Crippen LogP contribution in [-0.2, 0) is 11.4 Å². The van der Waals surface area contributed by atoms with Crippen molar-refractivity contribution in [2.24, 2.45) is 10.1 Å². The Morgan fingerprint density at radius 2 is 1.72 bits per heavy atom. The first-order valence-electron chi connectivity index (χ1n) is 12.5. The summed E-state index contributed by atoms with van der Waals surface area (Å²) in [5.74, 6) is 0.705. The van der Waals surface area contributed by atoms with E-state index in [1.54, 1.807) is 29.0 Å². The van der Waals surface area contributed by atoms with Crippen LogP contribution in [0.2, 0.25) is 0 Å². The Morgan fingerprint density at radius 1 is 0.897 bits per heavy atom. The Morgan fingerprint density at radius 3 is 2.54 bits per heavy atom. The van der Waals surface area contributed by atoms with E-state index in [9.17, 15) is 5.11 Å². The lowest BCUT2D eigenvalue weighted by Crippen LogP contribution is -2.09. The van der Waals surface area contributed by atoms with Gasteiger partial charge in [0.15, 0.2) is 5.65 Å². The number of hydrogen-bond acceptors (Lipinski definition) is 7. The third-order valence-electron chi connectivity index (χ3n) is 6.34. The number of fused-ring (bicyclic) bond motifs is 1. The van der Waals surface area contributed by atoms with Crippen molar-refractivity contribution in [2.75, 3.05) is 0 Å². The molecule has 3 aromatic carbocycles. The molecule has 2 aromatic heterocycles. The van der Waals surface area contributed by atoms with E-state index in [0.717, 1.165) is 27.9 Å². The summed E-state index contributed by atoms with van der Waals surface area (Å²) in [6.07, 6.45) is 3.08. The molecule has 0 unspecified atom stereocenters. The van der Waals surface area contributed by atoms with Gasteiger partial charge < -0.3 is 14.7 Å². The number of para-hydroxylation sites is 2. The van der Waals surface area contributed by atoms with Gasteiger partial charge in [0.2, 0.25) is 11.7 Å². The first-order chi connectivity index (χ1) is 19.1. The van der Waals surface area contributed by atoms with Crippen LogP contribution in [0, 0.1) is 13.8 Å². The highest BCUT2D eigenvalue weighted by atomic mass is 16.6. The SMILES string of the molecule is Cc1cccc(COc2nc3c(cc2C2=NOC=CC(c4ccccc4O)=N2)c(C)nn3-c2ccccc2)c1. The molecule has 1 aliphatic heterocycles. The van der Waals surface area contributed by atoms with E-state index < -0.39 is 0 Å². The summed E-state index contributed by atoms with van der Waals surface area (Å²) in [5, 5.41) is 20.3. The average Bonchev–Trinajstić information content (AvgIpc) is 3.10. The van der Waals surface area contributed by atoms with Gasteiger partial charge in [0, 0.05) is 17.0 Å². The highest BCUT2D eigenvalue weighted by Gasteiger charge is 2.22. The van der Waals surface area contributed by atoms with E-state index in [4.69, 9.17) is 24.6 Å². The van der Waals surface area contributed by atoms with Gasteiger partial charge in [-0.2, -0.15) is 10.1 Å². The molecule has 192 valence electrons. The smallest absolute Gasteiger partial charge is 0.227 e. The van der Waals surface area contributed by atoms with Crippen molar-refractivity contribution in [2.45, 2.75) is 20.5 Å². The molecule has 1 N–H and O–H groups in total. The maximum atomic E-state index is 10.4. The number of aromatic hydroxyl groups is 1. The summed E-state index contributed by atoms with van der Waals surface area (Å²) in [6, 6.07) is 26.9. The van der Waals surface area contributed by atoms with Crippen LogP contribution >= 0.6 is 0 Å². The largest absolute Gasteiger partial charge is 0.507 e. The van der Waals surface area contributed by atoms with Crippen molar-refractivity contribution in [3.63, 3.8) is 0 Å². The molecule has 8 nitrogen and oxygen atoms in total. The van der Waals surface area contributed by atoms with Crippen LogP contribution in [0.25, 0.3) is 16.7 Å². The van der Waals surface area contributed by atoms with Crippen molar-refractivity contribution in [3.05, 3.63) is 125 Å². The predicted molar refractivity (Wildman–Crippen MR) is 151 cm³/mol. The molecule has 0 aliphatic carbocycles. The van der Waals surface area contributed by atoms with Gasteiger partial charge in [-0.3, -0.25) is 0 Å². The number of allylic oxidation sites excluding steroid dienone is 1. The van der Waals surface area contributed by atoms with E-state index >= 15 is 0 Å². The predicted octanol–water partition coefficient (Wildman–Crippen LogP) is 6.02. The summed E-state index contributed by atoms with van der Waals surface area (Å²) in [6.45, 7) is 4.28. The van der Waals surface area contributed by atoms with Crippen molar-refractivity contribution in [3.8, 4) is 17.3 Å². The van der Waals surface area contributed by atoms with Gasteiger partial charge in [0.05, 0.1) is 22.7 Å². The Labute approximate surface area is 225 Å². The van der Waals surface area contributed by atoms with Gasteiger partial charge in [0.1, 0.15) is 18.6 Å². The Balaban J connectivity index is 1.50. The molecule has 1 aliphatic rings. The Bertz CT molecular complexity index is 1770. The number of aryl methyl sites for hydroxylation is 2. The molecule has 8 heteroatoms. The minimum absolute atomic E-state index is 0.103. The highest BCUT2D eigenvalue weighted by Crippen LogP contribution is 2.29. The molecule has 0 amide bonds. The quantitative estimate of drug-likeness (QED) is 0.299. The van der Waals surface area contributed by atoms with Crippen molar-refractivity contribution >= 4 is 22.6 Å². The second-order valence-electron chi connectivity index (χ2n) is 9.16. The Kier molecular flexibility index (Phi) is 6.34. The number of amidine groups is 1. The van der Waals surface area contributed by atoms with Gasteiger partial charge in [-0.25, -0.2) is 9.67 Å². The second kappa shape index (κ2) is 10.3. The van der Waals surface area contributed by atoms with E-state index in [0.29, 0.717) is 35.0 Å². The standard InChI is InChI=1S/C31H25N5O3/c1-20-9-8-10-22(17-20)19-38-31-26(29-32-27(15-16-39-35-29)24-13-6-7-14-28(24)37)18-25-21(2)34-36(30(25)33-31)23-11-4-3-5-12-23/h3-18,37H,19H2,1-2H3. The molecular formula is C31H25N5O3. The highest BCUT2D eigenvalue weighted by molar-refractivity contribution is 6.19. The zero-order valence-corrected chi connectivity index (χ0v) is 21.4. The van der Waals surface area contributed by atoms with Crippen molar-refractivity contribution < 1.29 is 14.7 Å². The monoisotopic (exact) mass is 515 g/mol. The van der Waals surface area contributed by atoms with E-state index in [1.165, 1.54) is 6.26 Å². The molecule has 5 aromatic rings. The van der Waals surface area contributed by atoms with Crippen LogP contribution in [0.1, 0.15) is 27.9 Å². The third-order valence-corrected chi connectivity index (χ3v) is 6.34. The number of aromatic nitrogens is 3. The van der Waals surface area contributed by atoms with Gasteiger partial charge in [-0.1, -0.05) is 65.3 Å².